The van der Waals surface area contributed by atoms with Gasteiger partial charge in [-0.3, -0.25) is 19.1 Å². The summed E-state index contributed by atoms with van der Waals surface area (Å²) in [6.45, 7) is 6.24. The van der Waals surface area contributed by atoms with Crippen LogP contribution < -0.4 is 21.9 Å². The Morgan fingerprint density at radius 3 is 2.67 bits per heavy atom. The summed E-state index contributed by atoms with van der Waals surface area (Å²) >= 11 is 0. The van der Waals surface area contributed by atoms with E-state index in [0.29, 0.717) is 19.6 Å². The highest BCUT2D eigenvalue weighted by atomic mass is 16.5. The summed E-state index contributed by atoms with van der Waals surface area (Å²) in [4.78, 5) is 39.8. The van der Waals surface area contributed by atoms with Crippen molar-refractivity contribution >= 4 is 17.4 Å². The molecule has 9 heteroatoms. The molecule has 3 N–H and O–H groups in total. The minimum absolute atomic E-state index is 0.0703. The average molecular weight is 416 g/mol. The number of carbonyl (C=O) groups is 1. The molecule has 162 valence electrons. The lowest BCUT2D eigenvalue weighted by Crippen LogP contribution is -2.38. The summed E-state index contributed by atoms with van der Waals surface area (Å²) in [5.41, 5.74) is -0.246. The van der Waals surface area contributed by atoms with Crippen molar-refractivity contribution in [1.82, 2.24) is 9.55 Å². The molecule has 0 aliphatic heterocycles. The summed E-state index contributed by atoms with van der Waals surface area (Å²) in [7, 11) is 1.50. The first kappa shape index (κ1) is 23.1. The highest BCUT2D eigenvalue weighted by molar-refractivity contribution is 5.95. The SMILES string of the molecule is C=CCCOC(C)C(=O)Nc1c(NCc2ccccc2)c(=O)[nH]c(=O)n1CCOC. The van der Waals surface area contributed by atoms with E-state index in [0.717, 1.165) is 5.56 Å². The molecule has 0 saturated heterocycles. The Balaban J connectivity index is 2.34. The molecular formula is C21H28N4O5. The van der Waals surface area contributed by atoms with Crippen LogP contribution in [0.15, 0.2) is 52.6 Å². The lowest BCUT2D eigenvalue weighted by atomic mass is 10.2. The summed E-state index contributed by atoms with van der Waals surface area (Å²) in [6.07, 6.45) is 1.51. The van der Waals surface area contributed by atoms with Gasteiger partial charge in [-0.1, -0.05) is 36.4 Å². The molecule has 0 saturated carbocycles. The number of nitrogens with zero attached hydrogens (tertiary/aromatic N) is 1. The van der Waals surface area contributed by atoms with Crippen molar-refractivity contribution in [2.24, 2.45) is 0 Å². The van der Waals surface area contributed by atoms with Crippen molar-refractivity contribution < 1.29 is 14.3 Å². The minimum atomic E-state index is -0.780. The second-order valence-electron chi connectivity index (χ2n) is 6.55. The minimum Gasteiger partial charge on any atom is -0.383 e. The first-order valence-electron chi connectivity index (χ1n) is 9.65. The Hall–Kier alpha value is -3.17. The monoisotopic (exact) mass is 416 g/mol. The number of carbonyl (C=O) groups excluding carboxylic acids is 1. The Labute approximate surface area is 174 Å². The van der Waals surface area contributed by atoms with Crippen LogP contribution in [-0.4, -0.2) is 41.9 Å². The fourth-order valence-corrected chi connectivity index (χ4v) is 2.67. The number of anilines is 2. The third kappa shape index (κ3) is 6.43. The van der Waals surface area contributed by atoms with Crippen molar-refractivity contribution in [2.75, 3.05) is 31.0 Å². The van der Waals surface area contributed by atoms with Crippen molar-refractivity contribution in [3.63, 3.8) is 0 Å². The van der Waals surface area contributed by atoms with Crippen LogP contribution in [0.2, 0.25) is 0 Å². The van der Waals surface area contributed by atoms with E-state index in [1.807, 2.05) is 30.3 Å². The quantitative estimate of drug-likeness (QED) is 0.359. The zero-order valence-corrected chi connectivity index (χ0v) is 17.3. The second kappa shape index (κ2) is 11.7. The van der Waals surface area contributed by atoms with E-state index in [9.17, 15) is 14.4 Å². The van der Waals surface area contributed by atoms with Crippen molar-refractivity contribution in [3.05, 3.63) is 69.4 Å². The van der Waals surface area contributed by atoms with Crippen LogP contribution in [0.1, 0.15) is 18.9 Å². The first-order chi connectivity index (χ1) is 14.5. The van der Waals surface area contributed by atoms with Gasteiger partial charge in [0.1, 0.15) is 17.6 Å². The van der Waals surface area contributed by atoms with E-state index >= 15 is 0 Å². The van der Waals surface area contributed by atoms with Gasteiger partial charge in [0.25, 0.3) is 11.5 Å². The number of amides is 1. The Morgan fingerprint density at radius 1 is 1.27 bits per heavy atom. The maximum absolute atomic E-state index is 12.6. The van der Waals surface area contributed by atoms with E-state index < -0.39 is 23.3 Å². The Bertz CT molecular complexity index is 952. The Kier molecular flexibility index (Phi) is 9.04. The van der Waals surface area contributed by atoms with Gasteiger partial charge in [-0.25, -0.2) is 4.79 Å². The zero-order chi connectivity index (χ0) is 21.9. The molecule has 30 heavy (non-hydrogen) atoms. The average Bonchev–Trinajstić information content (AvgIpc) is 2.73. The number of hydrogen-bond donors (Lipinski definition) is 3. The topological polar surface area (TPSA) is 114 Å². The van der Waals surface area contributed by atoms with Crippen molar-refractivity contribution in [3.8, 4) is 0 Å². The molecule has 2 aromatic rings. The van der Waals surface area contributed by atoms with Crippen LogP contribution in [0.5, 0.6) is 0 Å². The summed E-state index contributed by atoms with van der Waals surface area (Å²) < 4.78 is 11.8. The van der Waals surface area contributed by atoms with Gasteiger partial charge >= 0.3 is 5.69 Å². The lowest BCUT2D eigenvalue weighted by molar-refractivity contribution is -0.126. The maximum Gasteiger partial charge on any atom is 0.330 e. The molecule has 0 aliphatic rings. The molecule has 2 rings (SSSR count). The van der Waals surface area contributed by atoms with E-state index in [4.69, 9.17) is 9.47 Å². The molecule has 1 aromatic carbocycles. The molecule has 1 heterocycles. The molecule has 0 aliphatic carbocycles. The third-order valence-electron chi connectivity index (χ3n) is 4.33. The number of hydrogen-bond acceptors (Lipinski definition) is 6. The summed E-state index contributed by atoms with van der Waals surface area (Å²) in [6, 6.07) is 9.45. The van der Waals surface area contributed by atoms with Gasteiger partial charge in [0, 0.05) is 13.7 Å². The second-order valence-corrected chi connectivity index (χ2v) is 6.55. The largest absolute Gasteiger partial charge is 0.383 e. The van der Waals surface area contributed by atoms with Crippen molar-refractivity contribution in [1.29, 1.82) is 0 Å². The third-order valence-corrected chi connectivity index (χ3v) is 4.33. The van der Waals surface area contributed by atoms with E-state index in [2.05, 4.69) is 22.2 Å². The van der Waals surface area contributed by atoms with E-state index in [1.54, 1.807) is 13.0 Å². The molecular weight excluding hydrogens is 388 g/mol. The maximum atomic E-state index is 12.6. The molecule has 1 aromatic heterocycles. The predicted molar refractivity (Wildman–Crippen MR) is 116 cm³/mol. The predicted octanol–water partition coefficient (Wildman–Crippen LogP) is 1.71. The van der Waals surface area contributed by atoms with E-state index in [1.165, 1.54) is 11.7 Å². The van der Waals surface area contributed by atoms with Crippen LogP contribution >= 0.6 is 0 Å². The van der Waals surface area contributed by atoms with Crippen LogP contribution in [0, 0.1) is 0 Å². The number of aromatic amines is 1. The van der Waals surface area contributed by atoms with Crippen LogP contribution in [0.3, 0.4) is 0 Å². The van der Waals surface area contributed by atoms with Gasteiger partial charge in [-0.05, 0) is 18.9 Å². The molecule has 1 unspecified atom stereocenters. The lowest BCUT2D eigenvalue weighted by Gasteiger charge is -2.19. The highest BCUT2D eigenvalue weighted by Crippen LogP contribution is 2.17. The summed E-state index contributed by atoms with van der Waals surface area (Å²) in [5.74, 6) is -0.404. The fourth-order valence-electron chi connectivity index (χ4n) is 2.67. The molecule has 0 fully saturated rings. The number of nitrogens with one attached hydrogen (secondary N) is 3. The normalized spacial score (nSPS) is 11.7. The van der Waals surface area contributed by atoms with Gasteiger partial charge in [0.05, 0.1) is 19.8 Å². The molecule has 0 radical (unpaired) electrons. The number of H-pyrrole nitrogens is 1. The van der Waals surface area contributed by atoms with Gasteiger partial charge in [0.2, 0.25) is 0 Å². The zero-order valence-electron chi connectivity index (χ0n) is 17.3. The smallest absolute Gasteiger partial charge is 0.330 e. The van der Waals surface area contributed by atoms with Crippen molar-refractivity contribution in [2.45, 2.75) is 32.5 Å². The summed E-state index contributed by atoms with van der Waals surface area (Å²) in [5, 5.41) is 5.69. The molecule has 0 spiro atoms. The molecule has 1 atom stereocenters. The van der Waals surface area contributed by atoms with Crippen LogP contribution in [0.25, 0.3) is 0 Å². The highest BCUT2D eigenvalue weighted by Gasteiger charge is 2.20. The number of aromatic nitrogens is 2. The number of methoxy groups -OCH3 is 1. The number of benzene rings is 1. The molecule has 0 bridgehead atoms. The number of rotatable bonds is 12. The van der Waals surface area contributed by atoms with Gasteiger partial charge in [-0.15, -0.1) is 6.58 Å². The van der Waals surface area contributed by atoms with Crippen LogP contribution in [0.4, 0.5) is 11.5 Å². The Morgan fingerprint density at radius 2 is 2.00 bits per heavy atom. The number of ether oxygens (including phenoxy) is 2. The van der Waals surface area contributed by atoms with Gasteiger partial charge < -0.3 is 20.1 Å². The van der Waals surface area contributed by atoms with Gasteiger partial charge in [0.15, 0.2) is 0 Å². The molecule has 1 amide bonds. The van der Waals surface area contributed by atoms with Gasteiger partial charge in [-0.2, -0.15) is 0 Å². The first-order valence-corrected chi connectivity index (χ1v) is 9.65. The fraction of sp³-hybridized carbons (Fsp3) is 0.381. The molecule has 9 nitrogen and oxygen atoms in total. The van der Waals surface area contributed by atoms with Crippen LogP contribution in [-0.2, 0) is 27.4 Å². The van der Waals surface area contributed by atoms with E-state index in [-0.39, 0.29) is 24.7 Å². The standard InChI is InChI=1S/C21H28N4O5/c1-4-5-12-30-15(2)19(26)23-18-17(22-14-16-9-7-6-8-10-16)20(27)24-21(28)25(18)11-13-29-3/h4,6-10,15,22H,1,5,11-14H2,2-3H3,(H,23,26)(H,24,27,28).